The first-order valence-corrected chi connectivity index (χ1v) is 4.67. The molecular weight excluding hydrogens is 248 g/mol. The van der Waals surface area contributed by atoms with Crippen LogP contribution in [0.15, 0.2) is 12.1 Å². The number of nitrogen functional groups attached to an aromatic ring is 1. The fraction of sp³-hybridized carbons (Fsp3) is 0.100. The molecule has 0 saturated carbocycles. The lowest BCUT2D eigenvalue weighted by atomic mass is 10.2. The van der Waals surface area contributed by atoms with Crippen LogP contribution < -0.4 is 5.73 Å². The second-order valence-electron chi connectivity index (χ2n) is 2.89. The number of anilines is 1. The van der Waals surface area contributed by atoms with E-state index in [1.807, 2.05) is 0 Å². The first-order chi connectivity index (χ1) is 7.95. The van der Waals surface area contributed by atoms with E-state index in [0.717, 1.165) is 6.07 Å². The van der Waals surface area contributed by atoms with Gasteiger partial charge in [0.25, 0.3) is 5.69 Å². The number of nitrogens with two attached hydrogens (primary N) is 1. The highest BCUT2D eigenvalue weighted by Crippen LogP contribution is 2.28. The molecule has 0 bridgehead atoms. The Morgan fingerprint density at radius 2 is 2.24 bits per heavy atom. The number of carbonyl (C=O) groups excluding carboxylic acids is 1. The molecule has 0 aliphatic rings. The van der Waals surface area contributed by atoms with E-state index in [0.29, 0.717) is 0 Å². The van der Waals surface area contributed by atoms with Gasteiger partial charge in [-0.2, -0.15) is 0 Å². The van der Waals surface area contributed by atoms with E-state index in [-0.39, 0.29) is 22.0 Å². The molecule has 2 N–H and O–H groups in total. The van der Waals surface area contributed by atoms with Crippen LogP contribution in [0, 0.1) is 22.0 Å². The summed E-state index contributed by atoms with van der Waals surface area (Å²) in [4.78, 5) is 20.7. The topological polar surface area (TPSA) is 95.5 Å². The number of rotatable bonds is 1. The molecule has 0 saturated heterocycles. The standard InChI is InChI=1S/C10H7ClN2O4/c1-17-10(14)3-2-6-4-9(13(15)16)8(12)5-7(6)11/h4-5H,12H2,1H3. The fourth-order valence-electron chi connectivity index (χ4n) is 1.00. The number of hydrogen-bond donors (Lipinski definition) is 1. The minimum atomic E-state index is -0.763. The summed E-state index contributed by atoms with van der Waals surface area (Å²) in [6.45, 7) is 0. The second-order valence-corrected chi connectivity index (χ2v) is 3.30. The average Bonchev–Trinajstić information content (AvgIpc) is 2.26. The van der Waals surface area contributed by atoms with Gasteiger partial charge in [-0.1, -0.05) is 17.5 Å². The van der Waals surface area contributed by atoms with Crippen molar-refractivity contribution in [1.82, 2.24) is 0 Å². The third-order valence-corrected chi connectivity index (χ3v) is 2.11. The summed E-state index contributed by atoms with van der Waals surface area (Å²) in [7, 11) is 1.17. The molecule has 0 aliphatic carbocycles. The van der Waals surface area contributed by atoms with Gasteiger partial charge in [0.05, 0.1) is 22.6 Å². The molecule has 0 aromatic heterocycles. The molecule has 0 atom stereocenters. The van der Waals surface area contributed by atoms with Crippen molar-refractivity contribution in [3.63, 3.8) is 0 Å². The summed E-state index contributed by atoms with van der Waals surface area (Å²) < 4.78 is 4.30. The predicted octanol–water partition coefficient (Wildman–Crippen LogP) is 1.35. The number of nitro groups is 1. The van der Waals surface area contributed by atoms with Gasteiger partial charge in [-0.15, -0.1) is 0 Å². The van der Waals surface area contributed by atoms with Crippen molar-refractivity contribution in [2.24, 2.45) is 0 Å². The Hall–Kier alpha value is -2.26. The number of ether oxygens (including phenoxy) is 1. The van der Waals surface area contributed by atoms with Gasteiger partial charge < -0.3 is 10.5 Å². The van der Waals surface area contributed by atoms with Gasteiger partial charge in [-0.25, -0.2) is 4.79 Å². The Morgan fingerprint density at radius 1 is 1.59 bits per heavy atom. The number of methoxy groups -OCH3 is 1. The molecule has 0 spiro atoms. The van der Waals surface area contributed by atoms with Gasteiger partial charge in [-0.05, 0) is 6.07 Å². The van der Waals surface area contributed by atoms with Crippen LogP contribution in [0.25, 0.3) is 0 Å². The molecular formula is C10H7ClN2O4. The third kappa shape index (κ3) is 3.09. The van der Waals surface area contributed by atoms with Gasteiger partial charge >= 0.3 is 5.97 Å². The minimum absolute atomic E-state index is 0.0661. The number of hydrogen-bond acceptors (Lipinski definition) is 5. The van der Waals surface area contributed by atoms with Crippen molar-refractivity contribution in [3.8, 4) is 11.8 Å². The van der Waals surface area contributed by atoms with Gasteiger partial charge in [0.15, 0.2) is 0 Å². The largest absolute Gasteiger partial charge is 0.459 e. The van der Waals surface area contributed by atoms with Gasteiger partial charge in [0, 0.05) is 12.0 Å². The summed E-state index contributed by atoms with van der Waals surface area (Å²) in [5.41, 5.74) is 5.16. The summed E-state index contributed by atoms with van der Waals surface area (Å²) in [5, 5.41) is 10.8. The van der Waals surface area contributed by atoms with Crippen LogP contribution in [0.4, 0.5) is 11.4 Å². The highest BCUT2D eigenvalue weighted by atomic mass is 35.5. The van der Waals surface area contributed by atoms with E-state index in [9.17, 15) is 14.9 Å². The molecule has 6 nitrogen and oxygen atoms in total. The van der Waals surface area contributed by atoms with E-state index >= 15 is 0 Å². The lowest BCUT2D eigenvalue weighted by Gasteiger charge is -2.00. The molecule has 0 aliphatic heterocycles. The molecule has 7 heteroatoms. The fourth-order valence-corrected chi connectivity index (χ4v) is 1.22. The molecule has 1 aromatic rings. The Balaban J connectivity index is 3.24. The normalized spacial score (nSPS) is 9.06. The molecule has 17 heavy (non-hydrogen) atoms. The molecule has 0 heterocycles. The van der Waals surface area contributed by atoms with Crippen molar-refractivity contribution in [2.75, 3.05) is 12.8 Å². The highest BCUT2D eigenvalue weighted by Gasteiger charge is 2.14. The number of nitrogens with zero attached hydrogens (tertiary/aromatic N) is 1. The van der Waals surface area contributed by atoms with Crippen LogP contribution in [0.3, 0.4) is 0 Å². The summed E-state index contributed by atoms with van der Waals surface area (Å²) >= 11 is 5.78. The quantitative estimate of drug-likeness (QED) is 0.268. The number of esters is 1. The molecule has 0 fully saturated rings. The van der Waals surface area contributed by atoms with E-state index in [2.05, 4.69) is 16.6 Å². The van der Waals surface area contributed by atoms with E-state index in [1.54, 1.807) is 0 Å². The van der Waals surface area contributed by atoms with Gasteiger partial charge in [0.2, 0.25) is 0 Å². The molecule has 1 rings (SSSR count). The van der Waals surface area contributed by atoms with Crippen LogP contribution in [0.5, 0.6) is 0 Å². The van der Waals surface area contributed by atoms with Crippen LogP contribution in [-0.2, 0) is 9.53 Å². The average molecular weight is 255 g/mol. The zero-order valence-electron chi connectivity index (χ0n) is 8.69. The van der Waals surface area contributed by atoms with Crippen LogP contribution >= 0.6 is 11.6 Å². The Labute approximate surface area is 101 Å². The van der Waals surface area contributed by atoms with Crippen molar-refractivity contribution in [3.05, 3.63) is 32.8 Å². The Bertz CT molecular complexity index is 545. The smallest absolute Gasteiger partial charge is 0.384 e. The zero-order valence-corrected chi connectivity index (χ0v) is 9.45. The summed E-state index contributed by atoms with van der Waals surface area (Å²) in [6.07, 6.45) is 0. The number of carbonyl (C=O) groups is 1. The molecule has 88 valence electrons. The highest BCUT2D eigenvalue weighted by molar-refractivity contribution is 6.32. The second kappa shape index (κ2) is 5.18. The lowest BCUT2D eigenvalue weighted by molar-refractivity contribution is -0.383. The lowest BCUT2D eigenvalue weighted by Crippen LogP contribution is -1.98. The number of halogens is 1. The van der Waals surface area contributed by atoms with E-state index in [1.165, 1.54) is 13.2 Å². The van der Waals surface area contributed by atoms with Crippen molar-refractivity contribution >= 4 is 28.9 Å². The third-order valence-electron chi connectivity index (χ3n) is 1.80. The molecule has 0 amide bonds. The van der Waals surface area contributed by atoms with Crippen molar-refractivity contribution in [1.29, 1.82) is 0 Å². The van der Waals surface area contributed by atoms with E-state index in [4.69, 9.17) is 17.3 Å². The van der Waals surface area contributed by atoms with Crippen molar-refractivity contribution in [2.45, 2.75) is 0 Å². The van der Waals surface area contributed by atoms with Crippen LogP contribution in [-0.4, -0.2) is 18.0 Å². The van der Waals surface area contributed by atoms with Crippen molar-refractivity contribution < 1.29 is 14.5 Å². The van der Waals surface area contributed by atoms with E-state index < -0.39 is 10.9 Å². The minimum Gasteiger partial charge on any atom is -0.459 e. The maximum absolute atomic E-state index is 10.8. The van der Waals surface area contributed by atoms with Gasteiger partial charge in [-0.3, -0.25) is 10.1 Å². The van der Waals surface area contributed by atoms with Gasteiger partial charge in [0.1, 0.15) is 5.69 Å². The monoisotopic (exact) mass is 254 g/mol. The maximum atomic E-state index is 10.8. The first-order valence-electron chi connectivity index (χ1n) is 4.29. The molecule has 0 radical (unpaired) electrons. The maximum Gasteiger partial charge on any atom is 0.384 e. The first kappa shape index (κ1) is 12.8. The zero-order chi connectivity index (χ0) is 13.0. The molecule has 0 unspecified atom stereocenters. The molecule has 1 aromatic carbocycles. The summed E-state index contributed by atoms with van der Waals surface area (Å²) in [6, 6.07) is 2.31. The Kier molecular flexibility index (Phi) is 3.91. The summed E-state index contributed by atoms with van der Waals surface area (Å²) in [5.74, 6) is 3.72. The predicted molar refractivity (Wildman–Crippen MR) is 61.4 cm³/mol. The number of benzene rings is 1. The van der Waals surface area contributed by atoms with Crippen LogP contribution in [0.2, 0.25) is 5.02 Å². The Morgan fingerprint density at radius 3 is 2.76 bits per heavy atom. The van der Waals surface area contributed by atoms with Crippen LogP contribution in [0.1, 0.15) is 5.56 Å². The SMILES string of the molecule is COC(=O)C#Cc1cc([N+](=O)[O-])c(N)cc1Cl. The number of nitro benzene ring substituents is 1.